The fraction of sp³-hybridized carbons (Fsp3) is 0.353. The van der Waals surface area contributed by atoms with Gasteiger partial charge in [0.1, 0.15) is 5.69 Å². The van der Waals surface area contributed by atoms with Crippen LogP contribution in [0.1, 0.15) is 18.5 Å². The van der Waals surface area contributed by atoms with E-state index in [1.54, 1.807) is 31.0 Å². The van der Waals surface area contributed by atoms with E-state index in [1.807, 2.05) is 18.2 Å². The number of ether oxygens (including phenoxy) is 1. The van der Waals surface area contributed by atoms with E-state index < -0.39 is 11.9 Å². The van der Waals surface area contributed by atoms with Gasteiger partial charge in [-0.15, -0.1) is 0 Å². The quantitative estimate of drug-likeness (QED) is 0.775. The third kappa shape index (κ3) is 3.41. The van der Waals surface area contributed by atoms with Crippen LogP contribution in [0.5, 0.6) is 0 Å². The molecule has 0 N–H and O–H groups in total. The van der Waals surface area contributed by atoms with Crippen LogP contribution < -0.4 is 4.90 Å². The van der Waals surface area contributed by atoms with Gasteiger partial charge in [-0.2, -0.15) is 10.5 Å². The number of hydrogen-bond acceptors (Lipinski definition) is 7. The fourth-order valence-electron chi connectivity index (χ4n) is 2.36. The third-order valence-electron chi connectivity index (χ3n) is 3.55. The predicted octanol–water partition coefficient (Wildman–Crippen LogP) is 2.01. The SMILES string of the molecule is COC(=O)C(C#N)c1nc2ccccc2nc1N(C)CC(C)C#N. The van der Waals surface area contributed by atoms with Crippen molar-refractivity contribution in [2.45, 2.75) is 12.8 Å². The zero-order valence-corrected chi connectivity index (χ0v) is 13.7. The molecule has 0 aliphatic heterocycles. The molecule has 0 radical (unpaired) electrons. The maximum Gasteiger partial charge on any atom is 0.329 e. The van der Waals surface area contributed by atoms with Crippen LogP contribution in [0.3, 0.4) is 0 Å². The third-order valence-corrected chi connectivity index (χ3v) is 3.55. The number of benzene rings is 1. The van der Waals surface area contributed by atoms with Crippen LogP contribution in [0.25, 0.3) is 11.0 Å². The van der Waals surface area contributed by atoms with Crippen molar-refractivity contribution in [3.05, 3.63) is 30.0 Å². The van der Waals surface area contributed by atoms with Gasteiger partial charge in [0.25, 0.3) is 0 Å². The monoisotopic (exact) mass is 323 g/mol. The Kier molecular flexibility index (Phi) is 5.28. The molecular weight excluding hydrogens is 306 g/mol. The molecule has 0 aliphatic carbocycles. The number of carbonyl (C=O) groups excluding carboxylic acids is 1. The lowest BCUT2D eigenvalue weighted by atomic mass is 10.1. The summed E-state index contributed by atoms with van der Waals surface area (Å²) in [7, 11) is 2.98. The van der Waals surface area contributed by atoms with Crippen LogP contribution in [0.15, 0.2) is 24.3 Å². The van der Waals surface area contributed by atoms with Gasteiger partial charge in [0.05, 0.1) is 36.2 Å². The number of nitriles is 2. The minimum absolute atomic E-state index is 0.232. The molecule has 7 heteroatoms. The first-order chi connectivity index (χ1) is 11.5. The Morgan fingerprint density at radius 1 is 1.25 bits per heavy atom. The van der Waals surface area contributed by atoms with Gasteiger partial charge in [0.15, 0.2) is 11.7 Å². The van der Waals surface area contributed by atoms with Gasteiger partial charge < -0.3 is 9.64 Å². The average molecular weight is 323 g/mol. The van der Waals surface area contributed by atoms with Gasteiger partial charge >= 0.3 is 5.97 Å². The van der Waals surface area contributed by atoms with E-state index in [1.165, 1.54) is 7.11 Å². The molecule has 1 aromatic carbocycles. The maximum atomic E-state index is 11.9. The lowest BCUT2D eigenvalue weighted by Gasteiger charge is -2.23. The largest absolute Gasteiger partial charge is 0.468 e. The van der Waals surface area contributed by atoms with Crippen LogP contribution in [-0.2, 0) is 9.53 Å². The van der Waals surface area contributed by atoms with Crippen molar-refractivity contribution in [1.29, 1.82) is 10.5 Å². The van der Waals surface area contributed by atoms with Crippen LogP contribution >= 0.6 is 0 Å². The summed E-state index contributed by atoms with van der Waals surface area (Å²) in [5.41, 5.74) is 1.46. The number of anilines is 1. The van der Waals surface area contributed by atoms with E-state index >= 15 is 0 Å². The Bertz CT molecular complexity index is 837. The Hall–Kier alpha value is -3.19. The molecule has 2 aromatic rings. The summed E-state index contributed by atoms with van der Waals surface area (Å²) in [6.07, 6.45) is 0. The second-order valence-electron chi connectivity index (χ2n) is 5.42. The minimum Gasteiger partial charge on any atom is -0.468 e. The van der Waals surface area contributed by atoms with Gasteiger partial charge in [-0.05, 0) is 19.1 Å². The lowest BCUT2D eigenvalue weighted by molar-refractivity contribution is -0.141. The normalized spacial score (nSPS) is 12.7. The van der Waals surface area contributed by atoms with Gasteiger partial charge in [-0.1, -0.05) is 12.1 Å². The topological polar surface area (TPSA) is 103 Å². The number of fused-ring (bicyclic) bond motifs is 1. The summed E-state index contributed by atoms with van der Waals surface area (Å²) >= 11 is 0. The zero-order chi connectivity index (χ0) is 17.7. The summed E-state index contributed by atoms with van der Waals surface area (Å²) in [5.74, 6) is -1.71. The van der Waals surface area contributed by atoms with Crippen molar-refractivity contribution in [2.75, 3.05) is 25.6 Å². The average Bonchev–Trinajstić information content (AvgIpc) is 2.61. The first-order valence-electron chi connectivity index (χ1n) is 7.36. The standard InChI is InChI=1S/C17H17N5O2/c1-11(8-18)10-22(2)16-15(12(9-19)17(23)24-3)20-13-6-4-5-7-14(13)21-16/h4-7,11-12H,10H2,1-3H3. The molecule has 122 valence electrons. The molecule has 0 aliphatic rings. The van der Waals surface area contributed by atoms with Gasteiger partial charge in [-0.25, -0.2) is 9.97 Å². The fourth-order valence-corrected chi connectivity index (χ4v) is 2.36. The molecule has 2 rings (SSSR count). The molecule has 2 unspecified atom stereocenters. The zero-order valence-electron chi connectivity index (χ0n) is 13.7. The van der Waals surface area contributed by atoms with Crippen molar-refractivity contribution in [1.82, 2.24) is 9.97 Å². The van der Waals surface area contributed by atoms with E-state index in [0.717, 1.165) is 0 Å². The smallest absolute Gasteiger partial charge is 0.329 e. The molecule has 0 amide bonds. The number of esters is 1. The number of rotatable bonds is 5. The first kappa shape index (κ1) is 17.2. The lowest BCUT2D eigenvalue weighted by Crippen LogP contribution is -2.27. The number of para-hydroxylation sites is 2. The summed E-state index contributed by atoms with van der Waals surface area (Å²) in [4.78, 5) is 22.7. The van der Waals surface area contributed by atoms with Gasteiger partial charge in [0, 0.05) is 13.6 Å². The summed E-state index contributed by atoms with van der Waals surface area (Å²) in [6, 6.07) is 11.3. The molecule has 24 heavy (non-hydrogen) atoms. The Balaban J connectivity index is 2.61. The first-order valence-corrected chi connectivity index (χ1v) is 7.36. The molecule has 7 nitrogen and oxygen atoms in total. The highest BCUT2D eigenvalue weighted by molar-refractivity contribution is 5.85. The molecule has 1 aromatic heterocycles. The van der Waals surface area contributed by atoms with E-state index in [0.29, 0.717) is 23.4 Å². The van der Waals surface area contributed by atoms with Crippen molar-refractivity contribution in [3.8, 4) is 12.1 Å². The van der Waals surface area contributed by atoms with Gasteiger partial charge in [-0.3, -0.25) is 4.79 Å². The van der Waals surface area contributed by atoms with Crippen LogP contribution in [0.4, 0.5) is 5.82 Å². The number of methoxy groups -OCH3 is 1. The maximum absolute atomic E-state index is 11.9. The van der Waals surface area contributed by atoms with Crippen molar-refractivity contribution >= 4 is 22.8 Å². The van der Waals surface area contributed by atoms with Crippen LogP contribution in [0.2, 0.25) is 0 Å². The second-order valence-corrected chi connectivity index (χ2v) is 5.42. The van der Waals surface area contributed by atoms with Gasteiger partial charge in [0.2, 0.25) is 0 Å². The number of nitrogens with zero attached hydrogens (tertiary/aromatic N) is 5. The highest BCUT2D eigenvalue weighted by atomic mass is 16.5. The van der Waals surface area contributed by atoms with E-state index in [-0.39, 0.29) is 11.6 Å². The molecule has 0 spiro atoms. The van der Waals surface area contributed by atoms with E-state index in [2.05, 4.69) is 16.0 Å². The highest BCUT2D eigenvalue weighted by Crippen LogP contribution is 2.27. The van der Waals surface area contributed by atoms with Crippen LogP contribution in [0, 0.1) is 28.6 Å². The molecule has 0 fully saturated rings. The summed E-state index contributed by atoms with van der Waals surface area (Å²) < 4.78 is 4.71. The number of aromatic nitrogens is 2. The van der Waals surface area contributed by atoms with E-state index in [9.17, 15) is 10.1 Å². The predicted molar refractivity (Wildman–Crippen MR) is 88.0 cm³/mol. The number of carbonyl (C=O) groups is 1. The summed E-state index contributed by atoms with van der Waals surface area (Å²) in [5, 5.41) is 18.4. The van der Waals surface area contributed by atoms with Crippen molar-refractivity contribution < 1.29 is 9.53 Å². The molecule has 2 atom stereocenters. The molecular formula is C17H17N5O2. The Morgan fingerprint density at radius 3 is 2.42 bits per heavy atom. The highest BCUT2D eigenvalue weighted by Gasteiger charge is 2.29. The van der Waals surface area contributed by atoms with Crippen LogP contribution in [-0.4, -0.2) is 36.6 Å². The Morgan fingerprint density at radius 2 is 1.88 bits per heavy atom. The number of hydrogen-bond donors (Lipinski definition) is 0. The van der Waals surface area contributed by atoms with Crippen molar-refractivity contribution in [2.24, 2.45) is 5.92 Å². The Labute approximate surface area is 140 Å². The minimum atomic E-state index is -1.18. The molecule has 1 heterocycles. The summed E-state index contributed by atoms with van der Waals surface area (Å²) in [6.45, 7) is 2.18. The van der Waals surface area contributed by atoms with Crippen molar-refractivity contribution in [3.63, 3.8) is 0 Å². The molecule has 0 saturated carbocycles. The molecule has 0 bridgehead atoms. The van der Waals surface area contributed by atoms with E-state index in [4.69, 9.17) is 10.00 Å². The second kappa shape index (κ2) is 7.38. The molecule has 0 saturated heterocycles.